The number of piperidine rings is 1. The molecule has 0 aliphatic carbocycles. The van der Waals surface area contributed by atoms with Crippen molar-refractivity contribution in [2.45, 2.75) is 18.9 Å². The van der Waals surface area contributed by atoms with Crippen molar-refractivity contribution in [2.75, 3.05) is 18.4 Å². The van der Waals surface area contributed by atoms with E-state index >= 15 is 0 Å². The Morgan fingerprint density at radius 2 is 1.96 bits per heavy atom. The number of hydrogen-bond donors (Lipinski definition) is 3. The molecule has 0 saturated carbocycles. The van der Waals surface area contributed by atoms with Gasteiger partial charge in [-0.05, 0) is 38.1 Å². The Morgan fingerprint density at radius 1 is 1.30 bits per heavy atom. The van der Waals surface area contributed by atoms with Crippen molar-refractivity contribution in [3.05, 3.63) is 34.1 Å². The summed E-state index contributed by atoms with van der Waals surface area (Å²) in [6.45, 7) is 1.85. The SMILES string of the molecule is O=C(Nc1cc(Cl)c(O)c(Cl)c1)c1cn(C2CCNCC2)nn1. The highest BCUT2D eigenvalue weighted by molar-refractivity contribution is 6.37. The Hall–Kier alpha value is -1.83. The lowest BCUT2D eigenvalue weighted by Crippen LogP contribution is -2.29. The first kappa shape index (κ1) is 16.0. The van der Waals surface area contributed by atoms with E-state index in [2.05, 4.69) is 20.9 Å². The van der Waals surface area contributed by atoms with Gasteiger partial charge in [0.05, 0.1) is 22.3 Å². The van der Waals surface area contributed by atoms with Crippen LogP contribution in [-0.4, -0.2) is 39.1 Å². The van der Waals surface area contributed by atoms with Crippen molar-refractivity contribution in [2.24, 2.45) is 0 Å². The number of amides is 1. The first-order valence-electron chi connectivity index (χ1n) is 7.16. The molecule has 1 aliphatic rings. The third-order valence-electron chi connectivity index (χ3n) is 3.70. The average Bonchev–Trinajstić information content (AvgIpc) is 3.03. The van der Waals surface area contributed by atoms with E-state index in [1.165, 1.54) is 12.1 Å². The van der Waals surface area contributed by atoms with Crippen molar-refractivity contribution < 1.29 is 9.90 Å². The third-order valence-corrected chi connectivity index (χ3v) is 4.28. The number of hydrogen-bond acceptors (Lipinski definition) is 5. The second kappa shape index (κ2) is 6.74. The van der Waals surface area contributed by atoms with Crippen LogP contribution in [0.5, 0.6) is 5.75 Å². The Bertz CT molecular complexity index is 705. The van der Waals surface area contributed by atoms with Gasteiger partial charge in [0, 0.05) is 5.69 Å². The molecule has 7 nitrogen and oxygen atoms in total. The summed E-state index contributed by atoms with van der Waals surface area (Å²) >= 11 is 11.7. The second-order valence-corrected chi connectivity index (χ2v) is 6.12. The number of aromatic hydroxyl groups is 1. The van der Waals surface area contributed by atoms with Gasteiger partial charge < -0.3 is 15.7 Å². The number of anilines is 1. The molecule has 1 amide bonds. The Morgan fingerprint density at radius 3 is 2.61 bits per heavy atom. The van der Waals surface area contributed by atoms with Crippen LogP contribution >= 0.6 is 23.2 Å². The minimum atomic E-state index is -0.414. The van der Waals surface area contributed by atoms with Crippen LogP contribution in [0, 0.1) is 0 Å². The summed E-state index contributed by atoms with van der Waals surface area (Å²) in [6.07, 6.45) is 3.54. The minimum absolute atomic E-state index is 0.0613. The van der Waals surface area contributed by atoms with Gasteiger partial charge >= 0.3 is 0 Å². The van der Waals surface area contributed by atoms with E-state index < -0.39 is 5.91 Å². The number of nitrogens with zero attached hydrogens (tertiary/aromatic N) is 3. The topological polar surface area (TPSA) is 92.1 Å². The molecule has 0 bridgehead atoms. The quantitative estimate of drug-likeness (QED) is 0.735. The van der Waals surface area contributed by atoms with Gasteiger partial charge in [-0.25, -0.2) is 4.68 Å². The number of phenolic OH excluding ortho intramolecular Hbond substituents is 1. The summed E-state index contributed by atoms with van der Waals surface area (Å²) in [5.74, 6) is -0.633. The molecular formula is C14H15Cl2N5O2. The zero-order valence-corrected chi connectivity index (χ0v) is 13.6. The lowest BCUT2D eigenvalue weighted by atomic mass is 10.1. The number of halogens is 2. The van der Waals surface area contributed by atoms with E-state index in [0.717, 1.165) is 25.9 Å². The number of aromatic nitrogens is 3. The van der Waals surface area contributed by atoms with Crippen LogP contribution in [0.4, 0.5) is 5.69 Å². The minimum Gasteiger partial charge on any atom is -0.505 e. The fraction of sp³-hybridized carbons (Fsp3) is 0.357. The molecule has 0 atom stereocenters. The zero-order valence-electron chi connectivity index (χ0n) is 12.1. The molecule has 122 valence electrons. The van der Waals surface area contributed by atoms with Crippen LogP contribution in [0.1, 0.15) is 29.4 Å². The van der Waals surface area contributed by atoms with Crippen LogP contribution in [0.25, 0.3) is 0 Å². The first-order chi connectivity index (χ1) is 11.0. The number of rotatable bonds is 3. The first-order valence-corrected chi connectivity index (χ1v) is 7.92. The molecule has 0 radical (unpaired) electrons. The molecule has 3 N–H and O–H groups in total. The maximum absolute atomic E-state index is 12.2. The van der Waals surface area contributed by atoms with Gasteiger partial charge in [0.15, 0.2) is 11.4 Å². The molecule has 3 rings (SSSR count). The van der Waals surface area contributed by atoms with Crippen LogP contribution in [0.2, 0.25) is 10.0 Å². The van der Waals surface area contributed by atoms with Gasteiger partial charge in [-0.1, -0.05) is 28.4 Å². The molecule has 1 aromatic heterocycles. The fourth-order valence-electron chi connectivity index (χ4n) is 2.46. The normalized spacial score (nSPS) is 15.6. The predicted molar refractivity (Wildman–Crippen MR) is 87.2 cm³/mol. The van der Waals surface area contributed by atoms with E-state index in [9.17, 15) is 9.90 Å². The summed E-state index contributed by atoms with van der Waals surface area (Å²) in [6, 6.07) is 3.08. The van der Waals surface area contributed by atoms with Crippen molar-refractivity contribution >= 4 is 34.8 Å². The van der Waals surface area contributed by atoms with Crippen molar-refractivity contribution in [3.8, 4) is 5.75 Å². The second-order valence-electron chi connectivity index (χ2n) is 5.31. The van der Waals surface area contributed by atoms with Crippen molar-refractivity contribution in [3.63, 3.8) is 0 Å². The van der Waals surface area contributed by atoms with E-state index in [0.29, 0.717) is 5.69 Å². The molecule has 23 heavy (non-hydrogen) atoms. The highest BCUT2D eigenvalue weighted by atomic mass is 35.5. The van der Waals surface area contributed by atoms with E-state index in [1.807, 2.05) is 0 Å². The van der Waals surface area contributed by atoms with E-state index in [1.54, 1.807) is 10.9 Å². The number of phenols is 1. The Labute approximate surface area is 142 Å². The van der Waals surface area contributed by atoms with Crippen LogP contribution < -0.4 is 10.6 Å². The summed E-state index contributed by atoms with van der Waals surface area (Å²) in [5.41, 5.74) is 0.586. The van der Waals surface area contributed by atoms with Gasteiger partial charge in [-0.15, -0.1) is 5.10 Å². The average molecular weight is 356 g/mol. The third kappa shape index (κ3) is 3.57. The number of nitrogens with one attached hydrogen (secondary N) is 2. The van der Waals surface area contributed by atoms with Gasteiger partial charge in [0.25, 0.3) is 5.91 Å². The standard InChI is InChI=1S/C14H15Cl2N5O2/c15-10-5-8(6-11(16)13(10)22)18-14(23)12-7-21(20-19-12)9-1-3-17-4-2-9/h5-7,9,17,22H,1-4H2,(H,18,23). The number of carbonyl (C=O) groups excluding carboxylic acids is 1. The molecule has 2 aromatic rings. The highest BCUT2D eigenvalue weighted by Crippen LogP contribution is 2.34. The summed E-state index contributed by atoms with van der Waals surface area (Å²) in [5, 5.41) is 23.5. The van der Waals surface area contributed by atoms with Gasteiger partial charge in [0.2, 0.25) is 0 Å². The van der Waals surface area contributed by atoms with Crippen LogP contribution in [-0.2, 0) is 0 Å². The van der Waals surface area contributed by atoms with Crippen molar-refractivity contribution in [1.82, 2.24) is 20.3 Å². The number of carbonyl (C=O) groups is 1. The number of benzene rings is 1. The maximum Gasteiger partial charge on any atom is 0.277 e. The molecule has 0 spiro atoms. The van der Waals surface area contributed by atoms with Gasteiger partial charge in [-0.3, -0.25) is 4.79 Å². The summed E-state index contributed by atoms with van der Waals surface area (Å²) in [7, 11) is 0. The lowest BCUT2D eigenvalue weighted by molar-refractivity contribution is 0.102. The molecule has 9 heteroatoms. The lowest BCUT2D eigenvalue weighted by Gasteiger charge is -2.22. The smallest absolute Gasteiger partial charge is 0.277 e. The zero-order chi connectivity index (χ0) is 16.4. The van der Waals surface area contributed by atoms with Gasteiger partial charge in [0.1, 0.15) is 0 Å². The maximum atomic E-state index is 12.2. The molecule has 0 unspecified atom stereocenters. The molecule has 1 saturated heterocycles. The Balaban J connectivity index is 1.72. The fourth-order valence-corrected chi connectivity index (χ4v) is 2.95. The van der Waals surface area contributed by atoms with E-state index in [-0.39, 0.29) is 27.5 Å². The molecule has 2 heterocycles. The van der Waals surface area contributed by atoms with Gasteiger partial charge in [-0.2, -0.15) is 0 Å². The summed E-state index contributed by atoms with van der Waals surface area (Å²) < 4.78 is 1.73. The largest absolute Gasteiger partial charge is 0.505 e. The molecule has 1 aromatic carbocycles. The highest BCUT2D eigenvalue weighted by Gasteiger charge is 2.19. The monoisotopic (exact) mass is 355 g/mol. The molecular weight excluding hydrogens is 341 g/mol. The van der Waals surface area contributed by atoms with Crippen LogP contribution in [0.3, 0.4) is 0 Å². The Kier molecular flexibility index (Phi) is 4.70. The van der Waals surface area contributed by atoms with E-state index in [4.69, 9.17) is 23.2 Å². The van der Waals surface area contributed by atoms with Crippen molar-refractivity contribution in [1.29, 1.82) is 0 Å². The summed E-state index contributed by atoms with van der Waals surface area (Å²) in [4.78, 5) is 12.2. The predicted octanol–water partition coefficient (Wildman–Crippen LogP) is 2.47. The molecule has 1 aliphatic heterocycles. The molecule has 1 fully saturated rings. The van der Waals surface area contributed by atoms with Crippen LogP contribution in [0.15, 0.2) is 18.3 Å².